The number of aromatic amines is 1. The molecule has 1 fully saturated rings. The van der Waals surface area contributed by atoms with Gasteiger partial charge in [0, 0.05) is 18.1 Å². The van der Waals surface area contributed by atoms with E-state index in [0.29, 0.717) is 19.8 Å². The second-order valence-electron chi connectivity index (χ2n) is 4.49. The van der Waals surface area contributed by atoms with Crippen molar-refractivity contribution in [2.45, 2.75) is 12.5 Å². The van der Waals surface area contributed by atoms with Crippen molar-refractivity contribution in [3.8, 4) is 0 Å². The second-order valence-corrected chi connectivity index (χ2v) is 4.49. The van der Waals surface area contributed by atoms with Crippen LogP contribution in [-0.2, 0) is 9.53 Å². The number of aromatic nitrogens is 3. The van der Waals surface area contributed by atoms with Gasteiger partial charge in [0.15, 0.2) is 5.82 Å². The number of H-pyrrole nitrogens is 1. The Labute approximate surface area is 109 Å². The first-order valence-corrected chi connectivity index (χ1v) is 6.10. The van der Waals surface area contributed by atoms with Gasteiger partial charge >= 0.3 is 5.97 Å². The van der Waals surface area contributed by atoms with Crippen molar-refractivity contribution in [3.05, 3.63) is 18.5 Å². The highest BCUT2D eigenvalue weighted by atomic mass is 16.5. The van der Waals surface area contributed by atoms with E-state index in [9.17, 15) is 4.79 Å². The van der Waals surface area contributed by atoms with E-state index in [-0.39, 0.29) is 12.5 Å². The van der Waals surface area contributed by atoms with Crippen LogP contribution in [0.3, 0.4) is 0 Å². The quantitative estimate of drug-likeness (QED) is 0.843. The Hall–Kier alpha value is -2.15. The molecule has 2 aromatic heterocycles. The number of carboxylic acids is 1. The largest absolute Gasteiger partial charge is 0.481 e. The molecule has 0 bridgehead atoms. The maximum atomic E-state index is 10.9. The average molecular weight is 262 g/mol. The molecule has 1 atom stereocenters. The predicted molar refractivity (Wildman–Crippen MR) is 68.1 cm³/mol. The van der Waals surface area contributed by atoms with Gasteiger partial charge in [-0.1, -0.05) is 0 Å². The molecule has 0 aromatic carbocycles. The molecular formula is C12H14N4O3. The number of nitrogens with zero attached hydrogens (tertiary/aromatic N) is 3. The summed E-state index contributed by atoms with van der Waals surface area (Å²) in [5.74, 6) is -0.0612. The Morgan fingerprint density at radius 1 is 1.63 bits per heavy atom. The second kappa shape index (κ2) is 4.85. The number of nitrogens with one attached hydrogen (secondary N) is 1. The molecule has 0 radical (unpaired) electrons. The molecule has 7 heteroatoms. The van der Waals surface area contributed by atoms with Crippen LogP contribution >= 0.6 is 0 Å². The topological polar surface area (TPSA) is 91.3 Å². The summed E-state index contributed by atoms with van der Waals surface area (Å²) >= 11 is 0. The molecule has 3 rings (SSSR count). The van der Waals surface area contributed by atoms with E-state index in [0.717, 1.165) is 16.7 Å². The lowest BCUT2D eigenvalue weighted by Crippen LogP contribution is -2.47. The average Bonchev–Trinajstić information content (AvgIpc) is 2.82. The molecular weight excluding hydrogens is 248 g/mol. The van der Waals surface area contributed by atoms with Gasteiger partial charge in [-0.3, -0.25) is 14.9 Å². The number of ether oxygens (including phenoxy) is 1. The molecule has 1 aliphatic heterocycles. The molecule has 0 amide bonds. The summed E-state index contributed by atoms with van der Waals surface area (Å²) < 4.78 is 5.37. The monoisotopic (exact) mass is 262 g/mol. The summed E-state index contributed by atoms with van der Waals surface area (Å²) in [5, 5.41) is 17.1. The predicted octanol–water partition coefficient (Wildman–Crippen LogP) is 0.638. The first-order chi connectivity index (χ1) is 9.25. The third kappa shape index (κ3) is 2.24. The fourth-order valence-electron chi connectivity index (χ4n) is 2.38. The third-order valence-corrected chi connectivity index (χ3v) is 3.25. The van der Waals surface area contributed by atoms with E-state index in [4.69, 9.17) is 9.84 Å². The van der Waals surface area contributed by atoms with Crippen molar-refractivity contribution in [1.29, 1.82) is 0 Å². The zero-order chi connectivity index (χ0) is 13.2. The maximum absolute atomic E-state index is 10.9. The highest BCUT2D eigenvalue weighted by Gasteiger charge is 2.28. The van der Waals surface area contributed by atoms with Crippen LogP contribution < -0.4 is 4.90 Å². The lowest BCUT2D eigenvalue weighted by atomic mass is 10.1. The van der Waals surface area contributed by atoms with E-state index < -0.39 is 5.97 Å². The van der Waals surface area contributed by atoms with Gasteiger partial charge in [0.2, 0.25) is 0 Å². The van der Waals surface area contributed by atoms with Gasteiger partial charge in [-0.2, -0.15) is 5.10 Å². The van der Waals surface area contributed by atoms with Crippen LogP contribution in [0.2, 0.25) is 0 Å². The molecule has 100 valence electrons. The van der Waals surface area contributed by atoms with Crippen molar-refractivity contribution >= 4 is 22.7 Å². The molecule has 2 aromatic rings. The van der Waals surface area contributed by atoms with Crippen LogP contribution in [-0.4, -0.2) is 52.1 Å². The number of morpholine rings is 1. The highest BCUT2D eigenvalue weighted by Crippen LogP contribution is 2.26. The zero-order valence-corrected chi connectivity index (χ0v) is 10.2. The summed E-state index contributed by atoms with van der Waals surface area (Å²) in [6.45, 7) is 1.63. The fourth-order valence-corrected chi connectivity index (χ4v) is 2.38. The molecule has 1 aliphatic rings. The molecule has 1 unspecified atom stereocenters. The minimum atomic E-state index is -0.831. The van der Waals surface area contributed by atoms with Crippen molar-refractivity contribution in [1.82, 2.24) is 15.2 Å². The normalized spacial score (nSPS) is 19.8. The van der Waals surface area contributed by atoms with Crippen LogP contribution in [0.25, 0.3) is 10.9 Å². The van der Waals surface area contributed by atoms with Gasteiger partial charge in [-0.05, 0) is 6.07 Å². The van der Waals surface area contributed by atoms with Crippen molar-refractivity contribution in [3.63, 3.8) is 0 Å². The summed E-state index contributed by atoms with van der Waals surface area (Å²) in [5.41, 5.74) is 0.845. The van der Waals surface area contributed by atoms with Crippen LogP contribution in [0.15, 0.2) is 18.5 Å². The van der Waals surface area contributed by atoms with E-state index in [1.54, 1.807) is 12.4 Å². The lowest BCUT2D eigenvalue weighted by Gasteiger charge is -2.35. The molecule has 0 aliphatic carbocycles. The summed E-state index contributed by atoms with van der Waals surface area (Å²) in [7, 11) is 0. The van der Waals surface area contributed by atoms with Gasteiger partial charge in [-0.25, -0.2) is 0 Å². The highest BCUT2D eigenvalue weighted by molar-refractivity contribution is 5.89. The molecule has 0 saturated carbocycles. The summed E-state index contributed by atoms with van der Waals surface area (Å²) in [4.78, 5) is 17.0. The number of carbonyl (C=O) groups is 1. The van der Waals surface area contributed by atoms with Crippen LogP contribution in [0.1, 0.15) is 6.42 Å². The first kappa shape index (κ1) is 11.9. The Morgan fingerprint density at radius 2 is 2.53 bits per heavy atom. The molecule has 1 saturated heterocycles. The van der Waals surface area contributed by atoms with Gasteiger partial charge in [0.25, 0.3) is 0 Å². The van der Waals surface area contributed by atoms with Gasteiger partial charge in [0.05, 0.1) is 37.4 Å². The van der Waals surface area contributed by atoms with Gasteiger partial charge < -0.3 is 14.7 Å². The first-order valence-electron chi connectivity index (χ1n) is 6.10. The number of fused-ring (bicyclic) bond motifs is 1. The molecule has 3 heterocycles. The minimum Gasteiger partial charge on any atom is -0.481 e. The van der Waals surface area contributed by atoms with Gasteiger partial charge in [-0.15, -0.1) is 0 Å². The summed E-state index contributed by atoms with van der Waals surface area (Å²) in [6.07, 6.45) is 3.45. The Kier molecular flexibility index (Phi) is 3.04. The van der Waals surface area contributed by atoms with Crippen molar-refractivity contribution in [2.75, 3.05) is 24.7 Å². The Bertz CT molecular complexity index is 597. The van der Waals surface area contributed by atoms with E-state index in [2.05, 4.69) is 15.2 Å². The molecule has 19 heavy (non-hydrogen) atoms. The van der Waals surface area contributed by atoms with Crippen LogP contribution in [0.5, 0.6) is 0 Å². The number of hydrogen-bond donors (Lipinski definition) is 2. The number of anilines is 1. The van der Waals surface area contributed by atoms with Gasteiger partial charge in [0.1, 0.15) is 0 Å². The minimum absolute atomic E-state index is 0.0411. The SMILES string of the molecule is O=C(O)CC1COCCN1c1n[nH]c2cnccc12. The number of pyridine rings is 1. The molecule has 0 spiro atoms. The number of aliphatic carboxylic acids is 1. The maximum Gasteiger partial charge on any atom is 0.305 e. The van der Waals surface area contributed by atoms with Crippen LogP contribution in [0.4, 0.5) is 5.82 Å². The van der Waals surface area contributed by atoms with E-state index in [1.807, 2.05) is 11.0 Å². The molecule has 2 N–H and O–H groups in total. The number of rotatable bonds is 3. The van der Waals surface area contributed by atoms with Crippen molar-refractivity contribution < 1.29 is 14.6 Å². The van der Waals surface area contributed by atoms with Crippen molar-refractivity contribution in [2.24, 2.45) is 0 Å². The van der Waals surface area contributed by atoms with Crippen LogP contribution in [0, 0.1) is 0 Å². The lowest BCUT2D eigenvalue weighted by molar-refractivity contribution is -0.138. The summed E-state index contributed by atoms with van der Waals surface area (Å²) in [6, 6.07) is 1.69. The zero-order valence-electron chi connectivity index (χ0n) is 10.2. The molecule has 7 nitrogen and oxygen atoms in total. The third-order valence-electron chi connectivity index (χ3n) is 3.25. The van der Waals surface area contributed by atoms with E-state index >= 15 is 0 Å². The number of carboxylic acid groups (broad SMARTS) is 1. The van der Waals surface area contributed by atoms with E-state index in [1.165, 1.54) is 0 Å². The smallest absolute Gasteiger partial charge is 0.305 e. The Morgan fingerprint density at radius 3 is 3.37 bits per heavy atom. The fraction of sp³-hybridized carbons (Fsp3) is 0.417. The standard InChI is InChI=1S/C12H14N4O3/c17-11(18)5-8-7-19-4-3-16(8)12-9-1-2-13-6-10(9)14-15-12/h1-2,6,8H,3-5,7H2,(H,14,15)(H,17,18). The number of hydrogen-bond acceptors (Lipinski definition) is 5. The Balaban J connectivity index is 1.95.